The molecule has 0 aromatic carbocycles. The van der Waals surface area contributed by atoms with Crippen LogP contribution in [-0.4, -0.2) is 60.2 Å². The Morgan fingerprint density at radius 2 is 1.21 bits per heavy atom. The lowest BCUT2D eigenvalue weighted by Crippen LogP contribution is -2.71. The van der Waals surface area contributed by atoms with Crippen molar-refractivity contribution in [3.05, 3.63) is 12.2 Å². The van der Waals surface area contributed by atoms with Gasteiger partial charge in [-0.05, 0) is 26.2 Å². The van der Waals surface area contributed by atoms with Crippen LogP contribution in [0.15, 0.2) is 12.2 Å². The zero-order chi connectivity index (χ0) is 26.8. The number of halogens is 13. The highest BCUT2D eigenvalue weighted by molar-refractivity contribution is 5.91. The third kappa shape index (κ3) is 5.52. The third-order valence-corrected chi connectivity index (χ3v) is 4.87. The molecule has 0 aromatic rings. The second-order valence-corrected chi connectivity index (χ2v) is 7.55. The van der Waals surface area contributed by atoms with E-state index in [1.807, 2.05) is 0 Å². The van der Waals surface area contributed by atoms with E-state index in [4.69, 9.17) is 0 Å². The molecule has 196 valence electrons. The van der Waals surface area contributed by atoms with Gasteiger partial charge in [-0.1, -0.05) is 19.9 Å². The molecule has 0 aromatic heterocycles. The van der Waals surface area contributed by atoms with Crippen molar-refractivity contribution in [3.8, 4) is 0 Å². The van der Waals surface area contributed by atoms with Gasteiger partial charge in [0.25, 0.3) is 0 Å². The molecule has 0 saturated carbocycles. The lowest BCUT2D eigenvalue weighted by atomic mass is 9.83. The van der Waals surface area contributed by atoms with Gasteiger partial charge in [-0.25, -0.2) is 0 Å². The van der Waals surface area contributed by atoms with Crippen molar-refractivity contribution < 1.29 is 61.9 Å². The summed E-state index contributed by atoms with van der Waals surface area (Å²) in [6.45, 7) is 5.33. The Hall–Kier alpha value is -1.70. The van der Waals surface area contributed by atoms with Gasteiger partial charge >= 0.3 is 35.8 Å². The van der Waals surface area contributed by atoms with Crippen molar-refractivity contribution in [3.63, 3.8) is 0 Å². The van der Waals surface area contributed by atoms with Gasteiger partial charge in [0.1, 0.15) is 0 Å². The summed E-state index contributed by atoms with van der Waals surface area (Å²) < 4.78 is 173. The smallest absolute Gasteiger partial charge is 0.342 e. The van der Waals surface area contributed by atoms with Gasteiger partial charge in [-0.2, -0.15) is 57.1 Å². The molecular formula is C18H22F13NO. The zero-order valence-electron chi connectivity index (χ0n) is 17.6. The first-order valence-corrected chi connectivity index (χ1v) is 9.31. The molecule has 2 nitrogen and oxygen atoms in total. The number of likely N-dealkylation sites (N-methyl/N-ethyl adjacent to an activating group) is 1. The van der Waals surface area contributed by atoms with Crippen molar-refractivity contribution >= 4 is 5.91 Å². The molecule has 33 heavy (non-hydrogen) atoms. The SMILES string of the molecule is C=C(C)C(=O)N(C)CCCC(CCC)C(F)(F)C(F)(F)C(F)(F)C(F)(F)C(F)(F)C(F)(F)F. The van der Waals surface area contributed by atoms with Crippen LogP contribution < -0.4 is 0 Å². The van der Waals surface area contributed by atoms with Crippen molar-refractivity contribution in [2.75, 3.05) is 13.6 Å². The predicted octanol–water partition coefficient (Wildman–Crippen LogP) is 6.96. The van der Waals surface area contributed by atoms with Crippen LogP contribution >= 0.6 is 0 Å². The summed E-state index contributed by atoms with van der Waals surface area (Å²) in [4.78, 5) is 12.5. The van der Waals surface area contributed by atoms with Gasteiger partial charge < -0.3 is 4.90 Å². The van der Waals surface area contributed by atoms with Gasteiger partial charge in [0, 0.05) is 25.1 Å². The molecular weight excluding hydrogens is 493 g/mol. The first-order valence-electron chi connectivity index (χ1n) is 9.31. The molecule has 0 rings (SSSR count). The fourth-order valence-corrected chi connectivity index (χ4v) is 2.90. The Kier molecular flexibility index (Phi) is 9.38. The highest BCUT2D eigenvalue weighted by Gasteiger charge is 2.91. The van der Waals surface area contributed by atoms with E-state index in [1.165, 1.54) is 6.92 Å². The van der Waals surface area contributed by atoms with Crippen LogP contribution in [-0.2, 0) is 4.79 Å². The largest absolute Gasteiger partial charge is 0.460 e. The average molecular weight is 515 g/mol. The van der Waals surface area contributed by atoms with Crippen molar-refractivity contribution in [2.45, 2.75) is 75.3 Å². The molecule has 0 aliphatic carbocycles. The fraction of sp³-hybridized carbons (Fsp3) is 0.833. The number of rotatable bonds is 12. The third-order valence-electron chi connectivity index (χ3n) is 4.87. The summed E-state index contributed by atoms with van der Waals surface area (Å²) in [7, 11) is 1.16. The molecule has 0 bridgehead atoms. The highest BCUT2D eigenvalue weighted by atomic mass is 19.4. The molecule has 0 radical (unpaired) electrons. The minimum atomic E-state index is -7.91. The molecule has 0 aliphatic heterocycles. The van der Waals surface area contributed by atoms with Crippen LogP contribution in [0.5, 0.6) is 0 Å². The Labute approximate surface area is 180 Å². The molecule has 0 spiro atoms. The van der Waals surface area contributed by atoms with E-state index in [0.29, 0.717) is 0 Å². The summed E-state index contributed by atoms with van der Waals surface area (Å²) in [5.41, 5.74) is 0.00642. The van der Waals surface area contributed by atoms with Crippen LogP contribution in [0.2, 0.25) is 0 Å². The number of hydrogen-bond acceptors (Lipinski definition) is 1. The predicted molar refractivity (Wildman–Crippen MR) is 90.9 cm³/mol. The molecule has 15 heteroatoms. The number of alkyl halides is 13. The van der Waals surface area contributed by atoms with Crippen LogP contribution in [0.1, 0.15) is 39.5 Å². The molecule has 1 unspecified atom stereocenters. The molecule has 0 N–H and O–H groups in total. The quantitative estimate of drug-likeness (QED) is 0.203. The Morgan fingerprint density at radius 3 is 1.58 bits per heavy atom. The van der Waals surface area contributed by atoms with Gasteiger partial charge in [0.15, 0.2) is 0 Å². The second-order valence-electron chi connectivity index (χ2n) is 7.55. The van der Waals surface area contributed by atoms with Crippen LogP contribution in [0.25, 0.3) is 0 Å². The number of amides is 1. The molecule has 0 heterocycles. The molecule has 0 aliphatic rings. The summed E-state index contributed by atoms with van der Waals surface area (Å²) in [5, 5.41) is 0. The highest BCUT2D eigenvalue weighted by Crippen LogP contribution is 2.61. The van der Waals surface area contributed by atoms with Gasteiger partial charge in [0.2, 0.25) is 5.91 Å². The van der Waals surface area contributed by atoms with Crippen molar-refractivity contribution in [2.24, 2.45) is 5.92 Å². The van der Waals surface area contributed by atoms with E-state index in [0.717, 1.165) is 18.9 Å². The van der Waals surface area contributed by atoms with Gasteiger partial charge in [0.05, 0.1) is 0 Å². The standard InChI is InChI=1S/C18H22F13NO/c1-5-7-11(8-6-9-32(4)12(33)10(2)3)13(19,20)14(21,22)15(23,24)16(25,26)17(27,28)18(29,30)31/h11H,2,5-9H2,1,3-4H3. The first-order chi connectivity index (χ1) is 14.4. The van der Waals surface area contributed by atoms with E-state index in [9.17, 15) is 61.9 Å². The van der Waals surface area contributed by atoms with Crippen molar-refractivity contribution in [1.82, 2.24) is 4.90 Å². The van der Waals surface area contributed by atoms with Gasteiger partial charge in [-0.15, -0.1) is 0 Å². The van der Waals surface area contributed by atoms with E-state index in [1.54, 1.807) is 0 Å². The monoisotopic (exact) mass is 515 g/mol. The van der Waals surface area contributed by atoms with Crippen LogP contribution in [0, 0.1) is 5.92 Å². The summed E-state index contributed by atoms with van der Waals surface area (Å²) >= 11 is 0. The van der Waals surface area contributed by atoms with Crippen LogP contribution in [0.4, 0.5) is 57.1 Å². The Morgan fingerprint density at radius 1 is 0.788 bits per heavy atom. The lowest BCUT2D eigenvalue weighted by molar-refractivity contribution is -0.443. The maximum atomic E-state index is 14.4. The molecule has 1 amide bonds. The summed E-state index contributed by atoms with van der Waals surface area (Å²) in [6, 6.07) is 0. The van der Waals surface area contributed by atoms with Crippen LogP contribution in [0.3, 0.4) is 0 Å². The Bertz CT molecular complexity index is 700. The van der Waals surface area contributed by atoms with E-state index in [2.05, 4.69) is 6.58 Å². The number of nitrogens with zero attached hydrogens (tertiary/aromatic N) is 1. The number of carbonyl (C=O) groups excluding carboxylic acids is 1. The van der Waals surface area contributed by atoms with E-state index in [-0.39, 0.29) is 18.5 Å². The minimum absolute atomic E-state index is 0.00642. The normalized spacial score (nSPS) is 15.4. The fourth-order valence-electron chi connectivity index (χ4n) is 2.90. The average Bonchev–Trinajstić information content (AvgIpc) is 2.64. The summed E-state index contributed by atoms with van der Waals surface area (Å²) in [5.74, 6) is -40.3. The zero-order valence-corrected chi connectivity index (χ0v) is 17.6. The maximum absolute atomic E-state index is 14.4. The first kappa shape index (κ1) is 31.3. The van der Waals surface area contributed by atoms with E-state index >= 15 is 0 Å². The summed E-state index contributed by atoms with van der Waals surface area (Å²) in [6.07, 6.45) is -10.4. The minimum Gasteiger partial charge on any atom is -0.342 e. The molecule has 1 atom stereocenters. The lowest BCUT2D eigenvalue weighted by Gasteiger charge is -2.42. The van der Waals surface area contributed by atoms with Crippen molar-refractivity contribution in [1.29, 1.82) is 0 Å². The Balaban J connectivity index is 6.05. The topological polar surface area (TPSA) is 20.3 Å². The molecule has 0 fully saturated rings. The number of hydrogen-bond donors (Lipinski definition) is 0. The second kappa shape index (κ2) is 9.88. The van der Waals surface area contributed by atoms with E-state index < -0.39 is 66.9 Å². The number of carbonyl (C=O) groups is 1. The van der Waals surface area contributed by atoms with Gasteiger partial charge in [-0.3, -0.25) is 4.79 Å². The maximum Gasteiger partial charge on any atom is 0.460 e. The molecule has 0 saturated heterocycles.